The van der Waals surface area contributed by atoms with Crippen molar-refractivity contribution in [3.8, 4) is 0 Å². The van der Waals surface area contributed by atoms with Crippen LogP contribution < -0.4 is 5.32 Å². The maximum absolute atomic E-state index is 4.11. The Morgan fingerprint density at radius 2 is 2.39 bits per heavy atom. The summed E-state index contributed by atoms with van der Waals surface area (Å²) in [6, 6.07) is 2.34. The van der Waals surface area contributed by atoms with Gasteiger partial charge >= 0.3 is 0 Å². The first-order chi connectivity index (χ1) is 8.81. The van der Waals surface area contributed by atoms with Crippen LogP contribution in [0, 0.1) is 0 Å². The molecule has 2 aromatic rings. The van der Waals surface area contributed by atoms with Crippen LogP contribution >= 0.6 is 11.3 Å². The highest BCUT2D eigenvalue weighted by Crippen LogP contribution is 2.11. The molecule has 0 bridgehead atoms. The van der Waals surface area contributed by atoms with Gasteiger partial charge in [-0.15, -0.1) is 5.10 Å². The molecule has 98 valence electrons. The number of aromatic nitrogens is 4. The van der Waals surface area contributed by atoms with E-state index in [0.717, 1.165) is 31.8 Å². The van der Waals surface area contributed by atoms with Gasteiger partial charge in [0.05, 0.1) is 6.04 Å². The zero-order valence-electron chi connectivity index (χ0n) is 10.8. The lowest BCUT2D eigenvalue weighted by Crippen LogP contribution is -2.23. The van der Waals surface area contributed by atoms with Crippen LogP contribution in [0.3, 0.4) is 0 Å². The quantitative estimate of drug-likeness (QED) is 0.832. The fourth-order valence-electron chi connectivity index (χ4n) is 1.80. The third-order valence-electron chi connectivity index (χ3n) is 2.84. The van der Waals surface area contributed by atoms with Crippen LogP contribution in [0.25, 0.3) is 0 Å². The minimum atomic E-state index is 0.197. The van der Waals surface area contributed by atoms with Crippen molar-refractivity contribution in [3.63, 3.8) is 0 Å². The summed E-state index contributed by atoms with van der Waals surface area (Å²) in [6.07, 6.45) is 2.09. The second kappa shape index (κ2) is 6.61. The van der Waals surface area contributed by atoms with Gasteiger partial charge in [0.15, 0.2) is 5.82 Å². The molecular formula is C12H19N5S. The first-order valence-corrected chi connectivity index (χ1v) is 7.26. The fourth-order valence-corrected chi connectivity index (χ4v) is 2.51. The van der Waals surface area contributed by atoms with Gasteiger partial charge in [-0.2, -0.15) is 11.3 Å². The summed E-state index contributed by atoms with van der Waals surface area (Å²) in [5.74, 6) is 0.915. The number of thiophene rings is 1. The van der Waals surface area contributed by atoms with E-state index in [4.69, 9.17) is 0 Å². The molecule has 18 heavy (non-hydrogen) atoms. The SMILES string of the molecule is CCCNC(C)c1nnnn1CCc1ccsc1. The van der Waals surface area contributed by atoms with E-state index in [2.05, 4.69) is 51.5 Å². The molecule has 0 amide bonds. The monoisotopic (exact) mass is 265 g/mol. The standard InChI is InChI=1S/C12H19N5S/c1-3-6-13-10(2)12-14-15-16-17(12)7-4-11-5-8-18-9-11/h5,8-10,13H,3-4,6-7H2,1-2H3. The second-order valence-corrected chi connectivity index (χ2v) is 5.10. The Morgan fingerprint density at radius 1 is 1.50 bits per heavy atom. The number of aryl methyl sites for hydroxylation is 2. The highest BCUT2D eigenvalue weighted by Gasteiger charge is 2.13. The molecule has 0 fully saturated rings. The van der Waals surface area contributed by atoms with Crippen LogP contribution in [0.15, 0.2) is 16.8 Å². The highest BCUT2D eigenvalue weighted by molar-refractivity contribution is 7.07. The van der Waals surface area contributed by atoms with E-state index >= 15 is 0 Å². The lowest BCUT2D eigenvalue weighted by Gasteiger charge is -2.12. The van der Waals surface area contributed by atoms with Crippen molar-refractivity contribution in [2.24, 2.45) is 0 Å². The summed E-state index contributed by atoms with van der Waals surface area (Å²) >= 11 is 1.73. The van der Waals surface area contributed by atoms with E-state index < -0.39 is 0 Å². The van der Waals surface area contributed by atoms with E-state index in [1.54, 1.807) is 11.3 Å². The van der Waals surface area contributed by atoms with Gasteiger partial charge in [-0.3, -0.25) is 0 Å². The van der Waals surface area contributed by atoms with Crippen molar-refractivity contribution in [3.05, 3.63) is 28.2 Å². The molecule has 1 N–H and O–H groups in total. The largest absolute Gasteiger partial charge is 0.307 e. The van der Waals surface area contributed by atoms with Crippen LogP contribution in [-0.2, 0) is 13.0 Å². The third-order valence-corrected chi connectivity index (χ3v) is 3.57. The molecule has 0 radical (unpaired) electrons. The normalized spacial score (nSPS) is 12.8. The first-order valence-electron chi connectivity index (χ1n) is 6.31. The Balaban J connectivity index is 1.94. The number of hydrogen-bond acceptors (Lipinski definition) is 5. The Labute approximate surface area is 111 Å². The van der Waals surface area contributed by atoms with Crippen LogP contribution in [0.2, 0.25) is 0 Å². The van der Waals surface area contributed by atoms with Gasteiger partial charge < -0.3 is 5.32 Å². The van der Waals surface area contributed by atoms with Crippen molar-refractivity contribution < 1.29 is 0 Å². The van der Waals surface area contributed by atoms with Gasteiger partial charge in [-0.25, -0.2) is 4.68 Å². The molecule has 0 spiro atoms. The number of tetrazole rings is 1. The molecular weight excluding hydrogens is 246 g/mol. The predicted molar refractivity (Wildman–Crippen MR) is 72.5 cm³/mol. The lowest BCUT2D eigenvalue weighted by molar-refractivity contribution is 0.486. The van der Waals surface area contributed by atoms with Crippen molar-refractivity contribution >= 4 is 11.3 Å². The molecule has 2 heterocycles. The van der Waals surface area contributed by atoms with Gasteiger partial charge in [-0.1, -0.05) is 6.92 Å². The van der Waals surface area contributed by atoms with Crippen LogP contribution in [0.4, 0.5) is 0 Å². The van der Waals surface area contributed by atoms with Gasteiger partial charge in [0.1, 0.15) is 0 Å². The summed E-state index contributed by atoms with van der Waals surface area (Å²) in [5, 5.41) is 19.6. The van der Waals surface area contributed by atoms with Gasteiger partial charge in [0.25, 0.3) is 0 Å². The molecule has 2 aromatic heterocycles. The van der Waals surface area contributed by atoms with Gasteiger partial charge in [0.2, 0.25) is 0 Å². The molecule has 0 aliphatic rings. The molecule has 1 atom stereocenters. The van der Waals surface area contributed by atoms with Crippen molar-refractivity contribution in [1.82, 2.24) is 25.5 Å². The maximum Gasteiger partial charge on any atom is 0.167 e. The molecule has 5 nitrogen and oxygen atoms in total. The predicted octanol–water partition coefficient (Wildman–Crippen LogP) is 2.04. The van der Waals surface area contributed by atoms with Crippen molar-refractivity contribution in [1.29, 1.82) is 0 Å². The van der Waals surface area contributed by atoms with Crippen LogP contribution in [-0.4, -0.2) is 26.8 Å². The van der Waals surface area contributed by atoms with E-state index in [9.17, 15) is 0 Å². The smallest absolute Gasteiger partial charge is 0.167 e. The summed E-state index contributed by atoms with van der Waals surface area (Å²) in [5.41, 5.74) is 1.34. The van der Waals surface area contributed by atoms with Crippen LogP contribution in [0.5, 0.6) is 0 Å². The van der Waals surface area contributed by atoms with Crippen LogP contribution in [0.1, 0.15) is 37.7 Å². The zero-order chi connectivity index (χ0) is 12.8. The van der Waals surface area contributed by atoms with E-state index in [0.29, 0.717) is 0 Å². The zero-order valence-corrected chi connectivity index (χ0v) is 11.7. The van der Waals surface area contributed by atoms with E-state index in [-0.39, 0.29) is 6.04 Å². The fraction of sp³-hybridized carbons (Fsp3) is 0.583. The van der Waals surface area contributed by atoms with Crippen molar-refractivity contribution in [2.45, 2.75) is 39.3 Å². The Hall–Kier alpha value is -1.27. The van der Waals surface area contributed by atoms with Gasteiger partial charge in [0, 0.05) is 6.54 Å². The number of nitrogens with zero attached hydrogens (tertiary/aromatic N) is 4. The summed E-state index contributed by atoms with van der Waals surface area (Å²) in [7, 11) is 0. The molecule has 0 saturated heterocycles. The summed E-state index contributed by atoms with van der Waals surface area (Å²) in [6.45, 7) is 6.07. The Kier molecular flexibility index (Phi) is 4.83. The topological polar surface area (TPSA) is 55.6 Å². The molecule has 1 unspecified atom stereocenters. The highest BCUT2D eigenvalue weighted by atomic mass is 32.1. The number of rotatable bonds is 7. The molecule has 0 aliphatic carbocycles. The summed E-state index contributed by atoms with van der Waals surface area (Å²) in [4.78, 5) is 0. The minimum Gasteiger partial charge on any atom is -0.307 e. The average Bonchev–Trinajstić information content (AvgIpc) is 3.03. The Morgan fingerprint density at radius 3 is 3.11 bits per heavy atom. The summed E-state index contributed by atoms with van der Waals surface area (Å²) < 4.78 is 1.89. The lowest BCUT2D eigenvalue weighted by atomic mass is 10.2. The third kappa shape index (κ3) is 3.36. The number of hydrogen-bond donors (Lipinski definition) is 1. The molecule has 0 aromatic carbocycles. The maximum atomic E-state index is 4.11. The molecule has 2 rings (SSSR count). The minimum absolute atomic E-state index is 0.197. The second-order valence-electron chi connectivity index (χ2n) is 4.32. The van der Waals surface area contributed by atoms with Gasteiger partial charge in [-0.05, 0) is 59.1 Å². The van der Waals surface area contributed by atoms with E-state index in [1.807, 2.05) is 4.68 Å². The average molecular weight is 265 g/mol. The Bertz CT molecular complexity index is 451. The van der Waals surface area contributed by atoms with Crippen molar-refractivity contribution in [2.75, 3.05) is 6.54 Å². The van der Waals surface area contributed by atoms with E-state index in [1.165, 1.54) is 5.56 Å². The number of nitrogens with one attached hydrogen (secondary N) is 1. The molecule has 6 heteroatoms. The first kappa shape index (κ1) is 13.2. The molecule has 0 saturated carbocycles. The molecule has 0 aliphatic heterocycles.